The van der Waals surface area contributed by atoms with Crippen LogP contribution in [0.5, 0.6) is 5.75 Å². The molecule has 1 aliphatic rings. The van der Waals surface area contributed by atoms with Crippen LogP contribution >= 0.6 is 15.9 Å². The molecule has 0 fully saturated rings. The summed E-state index contributed by atoms with van der Waals surface area (Å²) in [5.74, 6) is 1.21. The molecule has 0 bridgehead atoms. The lowest BCUT2D eigenvalue weighted by Crippen LogP contribution is -2.27. The van der Waals surface area contributed by atoms with Crippen LogP contribution in [0.3, 0.4) is 0 Å². The predicted octanol–water partition coefficient (Wildman–Crippen LogP) is 2.75. The van der Waals surface area contributed by atoms with Gasteiger partial charge in [0.2, 0.25) is 0 Å². The Hall–Kier alpha value is -1.33. The number of rotatable bonds is 2. The van der Waals surface area contributed by atoms with Gasteiger partial charge in [-0.1, -0.05) is 18.2 Å². The van der Waals surface area contributed by atoms with Crippen molar-refractivity contribution in [1.29, 1.82) is 0 Å². The highest BCUT2D eigenvalue weighted by Gasteiger charge is 2.30. The number of fused-ring (bicyclic) bond motifs is 1. The average Bonchev–Trinajstić information content (AvgIpc) is 2.77. The third-order valence-corrected chi connectivity index (χ3v) is 4.30. The van der Waals surface area contributed by atoms with Gasteiger partial charge in [-0.15, -0.1) is 0 Å². The van der Waals surface area contributed by atoms with Crippen LogP contribution in [0.4, 0.5) is 0 Å². The molecule has 1 aromatic heterocycles. The molecule has 5 heteroatoms. The highest BCUT2D eigenvalue weighted by atomic mass is 79.9. The zero-order valence-corrected chi connectivity index (χ0v) is 12.3. The van der Waals surface area contributed by atoms with Gasteiger partial charge in [-0.25, -0.2) is 0 Å². The number of aromatic nitrogens is 2. The summed E-state index contributed by atoms with van der Waals surface area (Å²) in [6.45, 7) is 0.713. The zero-order valence-electron chi connectivity index (χ0n) is 10.7. The van der Waals surface area contributed by atoms with Crippen molar-refractivity contribution in [3.8, 4) is 5.75 Å². The van der Waals surface area contributed by atoms with Crippen molar-refractivity contribution in [1.82, 2.24) is 9.78 Å². The summed E-state index contributed by atoms with van der Waals surface area (Å²) in [4.78, 5) is 0. The number of aryl methyl sites for hydroxylation is 1. The van der Waals surface area contributed by atoms with Gasteiger partial charge in [-0.3, -0.25) is 4.68 Å². The molecule has 2 unspecified atom stereocenters. The Morgan fingerprint density at radius 1 is 1.47 bits per heavy atom. The number of para-hydroxylation sites is 1. The van der Waals surface area contributed by atoms with Crippen LogP contribution in [0, 0.1) is 0 Å². The van der Waals surface area contributed by atoms with E-state index in [-0.39, 0.29) is 12.0 Å². The third kappa shape index (κ3) is 2.17. The Morgan fingerprint density at radius 3 is 3.00 bits per heavy atom. The molecule has 2 N–H and O–H groups in total. The van der Waals surface area contributed by atoms with Crippen molar-refractivity contribution >= 4 is 15.9 Å². The van der Waals surface area contributed by atoms with Crippen molar-refractivity contribution in [2.24, 2.45) is 12.8 Å². The zero-order chi connectivity index (χ0) is 13.4. The van der Waals surface area contributed by atoms with Crippen LogP contribution < -0.4 is 10.5 Å². The number of nitrogens with zero attached hydrogens (tertiary/aromatic N) is 2. The summed E-state index contributed by atoms with van der Waals surface area (Å²) in [6.07, 6.45) is 2.72. The lowest BCUT2D eigenvalue weighted by molar-refractivity contribution is 0.253. The second kappa shape index (κ2) is 4.98. The standard InChI is InChI=1S/C14H16BrN3O/c1-18-14(11(15)8-17-18)13(16)10-6-7-19-12-5-3-2-4-9(10)12/h2-5,8,10,13H,6-7,16H2,1H3. The van der Waals surface area contributed by atoms with E-state index in [1.54, 1.807) is 6.20 Å². The number of halogens is 1. The molecule has 2 heterocycles. The maximum absolute atomic E-state index is 6.48. The fraction of sp³-hybridized carbons (Fsp3) is 0.357. The van der Waals surface area contributed by atoms with Crippen molar-refractivity contribution in [3.05, 3.63) is 46.2 Å². The molecule has 1 aromatic carbocycles. The maximum atomic E-state index is 6.48. The second-order valence-electron chi connectivity index (χ2n) is 4.81. The monoisotopic (exact) mass is 321 g/mol. The summed E-state index contributed by atoms with van der Waals surface area (Å²) in [6, 6.07) is 8.04. The van der Waals surface area contributed by atoms with E-state index in [9.17, 15) is 0 Å². The highest BCUT2D eigenvalue weighted by Crippen LogP contribution is 2.41. The minimum absolute atomic E-state index is 0.0908. The van der Waals surface area contributed by atoms with Crippen molar-refractivity contribution < 1.29 is 4.74 Å². The van der Waals surface area contributed by atoms with Gasteiger partial charge in [0.15, 0.2) is 0 Å². The first-order valence-corrected chi connectivity index (χ1v) is 7.12. The lowest BCUT2D eigenvalue weighted by atomic mass is 9.85. The first kappa shape index (κ1) is 12.7. The predicted molar refractivity (Wildman–Crippen MR) is 77.1 cm³/mol. The number of ether oxygens (including phenoxy) is 1. The Bertz CT molecular complexity index is 577. The number of nitrogens with two attached hydrogens (primary N) is 1. The molecule has 2 aromatic rings. The largest absolute Gasteiger partial charge is 0.493 e. The molecular weight excluding hydrogens is 306 g/mol. The molecule has 0 amide bonds. The molecule has 0 radical (unpaired) electrons. The Balaban J connectivity index is 2.00. The van der Waals surface area contributed by atoms with E-state index in [0.29, 0.717) is 6.61 Å². The molecule has 1 aliphatic heterocycles. The van der Waals surface area contributed by atoms with Gasteiger partial charge in [0.05, 0.1) is 29.0 Å². The quantitative estimate of drug-likeness (QED) is 0.925. The molecule has 0 saturated heterocycles. The van der Waals surface area contributed by atoms with Gasteiger partial charge in [0.25, 0.3) is 0 Å². The van der Waals surface area contributed by atoms with Crippen LogP contribution in [0.1, 0.15) is 29.6 Å². The minimum atomic E-state index is -0.0908. The minimum Gasteiger partial charge on any atom is -0.493 e. The van der Waals surface area contributed by atoms with Gasteiger partial charge in [0.1, 0.15) is 5.75 Å². The van der Waals surface area contributed by atoms with Gasteiger partial charge in [-0.2, -0.15) is 5.10 Å². The highest BCUT2D eigenvalue weighted by molar-refractivity contribution is 9.10. The molecular formula is C14H16BrN3O. The van der Waals surface area contributed by atoms with E-state index in [1.165, 1.54) is 5.56 Å². The van der Waals surface area contributed by atoms with Gasteiger partial charge in [-0.05, 0) is 34.0 Å². The fourth-order valence-corrected chi connectivity index (χ4v) is 3.34. The summed E-state index contributed by atoms with van der Waals surface area (Å²) in [7, 11) is 1.92. The van der Waals surface area contributed by atoms with Crippen molar-refractivity contribution in [2.45, 2.75) is 18.4 Å². The van der Waals surface area contributed by atoms with Crippen LogP contribution in [-0.2, 0) is 7.05 Å². The van der Waals surface area contributed by atoms with Gasteiger partial charge >= 0.3 is 0 Å². The first-order chi connectivity index (χ1) is 9.18. The van der Waals surface area contributed by atoms with Crippen molar-refractivity contribution in [2.75, 3.05) is 6.61 Å². The lowest BCUT2D eigenvalue weighted by Gasteiger charge is -2.30. The second-order valence-corrected chi connectivity index (χ2v) is 5.66. The van der Waals surface area contributed by atoms with Crippen LogP contribution in [0.25, 0.3) is 0 Å². The van der Waals surface area contributed by atoms with E-state index in [0.717, 1.165) is 22.3 Å². The number of hydrogen-bond acceptors (Lipinski definition) is 3. The molecule has 0 spiro atoms. The summed E-state index contributed by atoms with van der Waals surface area (Å²) in [5, 5.41) is 4.25. The van der Waals surface area contributed by atoms with E-state index in [2.05, 4.69) is 27.1 Å². The normalized spacial score (nSPS) is 19.6. The molecule has 0 saturated carbocycles. The average molecular weight is 322 g/mol. The molecule has 100 valence electrons. The summed E-state index contributed by atoms with van der Waals surface area (Å²) in [5.41, 5.74) is 8.70. The number of hydrogen-bond donors (Lipinski definition) is 1. The van der Waals surface area contributed by atoms with Crippen LogP contribution in [0.2, 0.25) is 0 Å². The molecule has 3 rings (SSSR count). The van der Waals surface area contributed by atoms with Crippen molar-refractivity contribution in [3.63, 3.8) is 0 Å². The molecule has 19 heavy (non-hydrogen) atoms. The van der Waals surface area contributed by atoms with Crippen LogP contribution in [-0.4, -0.2) is 16.4 Å². The Labute approximate surface area is 120 Å². The Kier molecular flexibility index (Phi) is 3.33. The summed E-state index contributed by atoms with van der Waals surface area (Å²) < 4.78 is 8.50. The van der Waals surface area contributed by atoms with E-state index >= 15 is 0 Å². The maximum Gasteiger partial charge on any atom is 0.122 e. The van der Waals surface area contributed by atoms with Crippen LogP contribution in [0.15, 0.2) is 34.9 Å². The molecule has 0 aliphatic carbocycles. The topological polar surface area (TPSA) is 53.1 Å². The number of benzene rings is 1. The first-order valence-electron chi connectivity index (χ1n) is 6.33. The summed E-state index contributed by atoms with van der Waals surface area (Å²) >= 11 is 3.53. The smallest absolute Gasteiger partial charge is 0.122 e. The molecule has 4 nitrogen and oxygen atoms in total. The van der Waals surface area contributed by atoms with Gasteiger partial charge < -0.3 is 10.5 Å². The molecule has 2 atom stereocenters. The van der Waals surface area contributed by atoms with E-state index in [4.69, 9.17) is 10.5 Å². The SMILES string of the molecule is Cn1ncc(Br)c1C(N)C1CCOc2ccccc21. The van der Waals surface area contributed by atoms with E-state index < -0.39 is 0 Å². The fourth-order valence-electron chi connectivity index (χ4n) is 2.73. The van der Waals surface area contributed by atoms with E-state index in [1.807, 2.05) is 29.9 Å². The Morgan fingerprint density at radius 2 is 2.26 bits per heavy atom. The third-order valence-electron chi connectivity index (χ3n) is 3.69. The van der Waals surface area contributed by atoms with Gasteiger partial charge in [0, 0.05) is 13.0 Å².